The van der Waals surface area contributed by atoms with E-state index in [4.69, 9.17) is 10.5 Å². The maximum absolute atomic E-state index is 5.96. The van der Waals surface area contributed by atoms with Gasteiger partial charge < -0.3 is 10.5 Å². The Kier molecular flexibility index (Phi) is 5.58. The van der Waals surface area contributed by atoms with E-state index in [1.807, 2.05) is 0 Å². The van der Waals surface area contributed by atoms with Gasteiger partial charge in [0.05, 0.1) is 6.61 Å². The first-order valence-corrected chi connectivity index (χ1v) is 6.15. The van der Waals surface area contributed by atoms with Crippen LogP contribution in [0.25, 0.3) is 0 Å². The summed E-state index contributed by atoms with van der Waals surface area (Å²) in [4.78, 5) is 2.41. The molecule has 0 aliphatic carbocycles. The number of nitrogens with zero attached hydrogens (tertiary/aromatic N) is 1. The molecular formula is C12H26N2O. The van der Waals surface area contributed by atoms with Crippen LogP contribution in [0.2, 0.25) is 0 Å². The van der Waals surface area contributed by atoms with Gasteiger partial charge in [0.15, 0.2) is 0 Å². The molecule has 2 N–H and O–H groups in total. The van der Waals surface area contributed by atoms with Gasteiger partial charge in [-0.15, -0.1) is 0 Å². The number of nitrogens with two attached hydrogens (primary N) is 1. The topological polar surface area (TPSA) is 38.5 Å². The molecule has 90 valence electrons. The van der Waals surface area contributed by atoms with Crippen molar-refractivity contribution in [3.8, 4) is 0 Å². The average Bonchev–Trinajstić information content (AvgIpc) is 2.45. The van der Waals surface area contributed by atoms with Crippen molar-refractivity contribution in [2.45, 2.75) is 33.2 Å². The Balaban J connectivity index is 1.97. The van der Waals surface area contributed by atoms with E-state index < -0.39 is 0 Å². The van der Waals surface area contributed by atoms with Crippen LogP contribution in [0, 0.1) is 11.8 Å². The van der Waals surface area contributed by atoms with Crippen LogP contribution in [0.15, 0.2) is 0 Å². The van der Waals surface area contributed by atoms with Gasteiger partial charge in [0, 0.05) is 32.3 Å². The molecule has 0 spiro atoms. The zero-order valence-corrected chi connectivity index (χ0v) is 10.4. The molecule has 0 aromatic carbocycles. The van der Waals surface area contributed by atoms with Crippen molar-refractivity contribution in [2.75, 3.05) is 32.8 Å². The van der Waals surface area contributed by atoms with Gasteiger partial charge in [0.1, 0.15) is 0 Å². The number of rotatable bonds is 6. The molecule has 0 bridgehead atoms. The van der Waals surface area contributed by atoms with E-state index in [1.54, 1.807) is 0 Å². The average molecular weight is 214 g/mol. The van der Waals surface area contributed by atoms with Crippen LogP contribution < -0.4 is 5.73 Å². The van der Waals surface area contributed by atoms with Crippen molar-refractivity contribution >= 4 is 0 Å². The Morgan fingerprint density at radius 2 is 2.07 bits per heavy atom. The second-order valence-electron chi connectivity index (χ2n) is 5.20. The van der Waals surface area contributed by atoms with Crippen LogP contribution in [-0.2, 0) is 4.74 Å². The molecule has 1 fully saturated rings. The minimum Gasteiger partial charge on any atom is -0.380 e. The minimum atomic E-state index is 0.362. The summed E-state index contributed by atoms with van der Waals surface area (Å²) in [6, 6.07) is 0.362. The van der Waals surface area contributed by atoms with Gasteiger partial charge in [-0.2, -0.15) is 0 Å². The number of hydrogen-bond donors (Lipinski definition) is 1. The molecule has 1 saturated heterocycles. The van der Waals surface area contributed by atoms with Gasteiger partial charge in [0.2, 0.25) is 0 Å². The zero-order chi connectivity index (χ0) is 11.3. The Labute approximate surface area is 94.0 Å². The maximum atomic E-state index is 5.96. The van der Waals surface area contributed by atoms with Crippen LogP contribution in [0.5, 0.6) is 0 Å². The lowest BCUT2D eigenvalue weighted by molar-refractivity contribution is 0.102. The molecule has 0 aromatic heterocycles. The monoisotopic (exact) mass is 214 g/mol. The molecule has 2 atom stereocenters. The Morgan fingerprint density at radius 1 is 1.33 bits per heavy atom. The van der Waals surface area contributed by atoms with E-state index in [2.05, 4.69) is 25.7 Å². The smallest absolute Gasteiger partial charge is 0.0593 e. The normalized spacial score (nSPS) is 27.8. The van der Waals surface area contributed by atoms with E-state index in [9.17, 15) is 0 Å². The highest BCUT2D eigenvalue weighted by atomic mass is 16.5. The SMILES string of the molecule is CC(C)CCOCCN1CC(C)C(N)C1. The third-order valence-electron chi connectivity index (χ3n) is 3.14. The fraction of sp³-hybridized carbons (Fsp3) is 1.00. The summed E-state index contributed by atoms with van der Waals surface area (Å²) in [6.07, 6.45) is 1.16. The molecule has 2 unspecified atom stereocenters. The van der Waals surface area contributed by atoms with Gasteiger partial charge in [0.25, 0.3) is 0 Å². The van der Waals surface area contributed by atoms with Gasteiger partial charge in [-0.1, -0.05) is 20.8 Å². The molecule has 1 aliphatic rings. The van der Waals surface area contributed by atoms with E-state index in [-0.39, 0.29) is 0 Å². The molecule has 0 radical (unpaired) electrons. The lowest BCUT2D eigenvalue weighted by Crippen LogP contribution is -2.30. The predicted octanol–water partition coefficient (Wildman–Crippen LogP) is 1.33. The molecule has 0 amide bonds. The van der Waals surface area contributed by atoms with Crippen LogP contribution in [-0.4, -0.2) is 43.8 Å². The van der Waals surface area contributed by atoms with Crippen molar-refractivity contribution in [3.05, 3.63) is 0 Å². The minimum absolute atomic E-state index is 0.362. The zero-order valence-electron chi connectivity index (χ0n) is 10.4. The lowest BCUT2D eigenvalue weighted by Gasteiger charge is -2.15. The summed E-state index contributed by atoms with van der Waals surface area (Å²) in [6.45, 7) is 11.6. The van der Waals surface area contributed by atoms with Gasteiger partial charge in [-0.05, 0) is 18.3 Å². The first-order valence-electron chi connectivity index (χ1n) is 6.15. The summed E-state index contributed by atoms with van der Waals surface area (Å²) in [5.74, 6) is 1.38. The van der Waals surface area contributed by atoms with Crippen LogP contribution >= 0.6 is 0 Å². The van der Waals surface area contributed by atoms with E-state index in [0.29, 0.717) is 12.0 Å². The Bertz CT molecular complexity index is 163. The van der Waals surface area contributed by atoms with Gasteiger partial charge in [-0.25, -0.2) is 0 Å². The van der Waals surface area contributed by atoms with Crippen molar-refractivity contribution in [3.63, 3.8) is 0 Å². The Morgan fingerprint density at radius 3 is 2.60 bits per heavy atom. The highest BCUT2D eigenvalue weighted by Crippen LogP contribution is 2.13. The standard InChI is InChI=1S/C12H26N2O/c1-10(2)4-6-15-7-5-14-8-11(3)12(13)9-14/h10-12H,4-9,13H2,1-3H3. The first-order chi connectivity index (χ1) is 7.09. The van der Waals surface area contributed by atoms with Crippen molar-refractivity contribution in [1.82, 2.24) is 4.90 Å². The second kappa shape index (κ2) is 6.46. The van der Waals surface area contributed by atoms with E-state index in [0.717, 1.165) is 45.2 Å². The van der Waals surface area contributed by atoms with Crippen molar-refractivity contribution in [2.24, 2.45) is 17.6 Å². The third kappa shape index (κ3) is 4.96. The molecule has 3 heteroatoms. The highest BCUT2D eigenvalue weighted by molar-refractivity contribution is 4.83. The van der Waals surface area contributed by atoms with E-state index >= 15 is 0 Å². The quantitative estimate of drug-likeness (QED) is 0.678. The fourth-order valence-electron chi connectivity index (χ4n) is 1.89. The molecule has 1 aliphatic heterocycles. The van der Waals surface area contributed by atoms with Crippen LogP contribution in [0.3, 0.4) is 0 Å². The number of hydrogen-bond acceptors (Lipinski definition) is 3. The molecule has 0 aromatic rings. The van der Waals surface area contributed by atoms with Gasteiger partial charge in [-0.3, -0.25) is 4.90 Å². The molecule has 0 saturated carbocycles. The first kappa shape index (κ1) is 12.9. The fourth-order valence-corrected chi connectivity index (χ4v) is 1.89. The number of ether oxygens (including phenoxy) is 1. The molecule has 3 nitrogen and oxygen atoms in total. The summed E-state index contributed by atoms with van der Waals surface area (Å²) >= 11 is 0. The maximum Gasteiger partial charge on any atom is 0.0593 e. The largest absolute Gasteiger partial charge is 0.380 e. The summed E-state index contributed by atoms with van der Waals surface area (Å²) in [5.41, 5.74) is 5.96. The third-order valence-corrected chi connectivity index (χ3v) is 3.14. The highest BCUT2D eigenvalue weighted by Gasteiger charge is 2.25. The predicted molar refractivity (Wildman–Crippen MR) is 63.9 cm³/mol. The Hall–Kier alpha value is -0.120. The van der Waals surface area contributed by atoms with Crippen molar-refractivity contribution < 1.29 is 4.74 Å². The van der Waals surface area contributed by atoms with Crippen LogP contribution in [0.4, 0.5) is 0 Å². The summed E-state index contributed by atoms with van der Waals surface area (Å²) in [7, 11) is 0. The summed E-state index contributed by atoms with van der Waals surface area (Å²) < 4.78 is 5.59. The van der Waals surface area contributed by atoms with Gasteiger partial charge >= 0.3 is 0 Å². The van der Waals surface area contributed by atoms with Crippen molar-refractivity contribution in [1.29, 1.82) is 0 Å². The summed E-state index contributed by atoms with van der Waals surface area (Å²) in [5, 5.41) is 0. The molecule has 1 heterocycles. The van der Waals surface area contributed by atoms with E-state index in [1.165, 1.54) is 0 Å². The molecule has 15 heavy (non-hydrogen) atoms. The lowest BCUT2D eigenvalue weighted by atomic mass is 10.1. The second-order valence-corrected chi connectivity index (χ2v) is 5.20. The molecule has 1 rings (SSSR count). The number of likely N-dealkylation sites (tertiary alicyclic amines) is 1. The molecular weight excluding hydrogens is 188 g/mol. The van der Waals surface area contributed by atoms with Crippen LogP contribution in [0.1, 0.15) is 27.2 Å².